The quantitative estimate of drug-likeness (QED) is 0.321. The van der Waals surface area contributed by atoms with Crippen molar-refractivity contribution in [2.24, 2.45) is 0 Å². The lowest BCUT2D eigenvalue weighted by molar-refractivity contribution is 0.0639. The van der Waals surface area contributed by atoms with Crippen LogP contribution >= 0.6 is 0 Å². The van der Waals surface area contributed by atoms with E-state index in [0.29, 0.717) is 35.7 Å². The highest BCUT2D eigenvalue weighted by molar-refractivity contribution is 6.21. The maximum atomic E-state index is 12.7. The largest absolute Gasteiger partial charge is 0.456 e. The highest BCUT2D eigenvalue weighted by Gasteiger charge is 2.35. The van der Waals surface area contributed by atoms with Gasteiger partial charge in [0.25, 0.3) is 17.7 Å². The molecule has 0 radical (unpaired) electrons. The van der Waals surface area contributed by atoms with Crippen LogP contribution in [0.25, 0.3) is 11.3 Å². The first-order valence-corrected chi connectivity index (χ1v) is 13.4. The van der Waals surface area contributed by atoms with Crippen molar-refractivity contribution >= 4 is 23.3 Å². The zero-order valence-electron chi connectivity index (χ0n) is 24.0. The molecule has 2 aromatic heterocycles. The van der Waals surface area contributed by atoms with E-state index < -0.39 is 0 Å². The number of imide groups is 1. The fourth-order valence-corrected chi connectivity index (χ4v) is 5.00. The Hall–Kier alpha value is -4.90. The molecule has 0 saturated heterocycles. The smallest absolute Gasteiger partial charge is 0.289 e. The molecule has 4 aromatic rings. The summed E-state index contributed by atoms with van der Waals surface area (Å²) in [6, 6.07) is 16.4. The summed E-state index contributed by atoms with van der Waals surface area (Å²) in [6.07, 6.45) is 4.58. The molecule has 0 atom stereocenters. The average Bonchev–Trinajstić information content (AvgIpc) is 3.70. The molecule has 11 heteroatoms. The fraction of sp³-hybridized carbons (Fsp3) is 0.258. The predicted octanol–water partition coefficient (Wildman–Crippen LogP) is 4.56. The van der Waals surface area contributed by atoms with E-state index >= 15 is 0 Å². The third kappa shape index (κ3) is 5.91. The Kier molecular flexibility index (Phi) is 9.92. The Morgan fingerprint density at radius 3 is 2.21 bits per heavy atom. The number of rotatable bonds is 5. The van der Waals surface area contributed by atoms with Crippen LogP contribution in [-0.4, -0.2) is 61.1 Å². The van der Waals surface area contributed by atoms with Gasteiger partial charge in [0.1, 0.15) is 11.5 Å². The minimum Gasteiger partial charge on any atom is -0.456 e. The summed E-state index contributed by atoms with van der Waals surface area (Å²) in [7, 11) is 0. The summed E-state index contributed by atoms with van der Waals surface area (Å²) < 4.78 is 7.13. The second-order valence-corrected chi connectivity index (χ2v) is 9.54. The number of hydrogen-bond acceptors (Lipinski definition) is 6. The van der Waals surface area contributed by atoms with Gasteiger partial charge >= 0.3 is 0 Å². The molecule has 0 spiro atoms. The highest BCUT2D eigenvalue weighted by atomic mass is 19.0. The first-order chi connectivity index (χ1) is 19.4. The number of aromatic nitrogens is 3. The molecule has 220 valence electrons. The topological polar surface area (TPSA) is 133 Å². The van der Waals surface area contributed by atoms with Gasteiger partial charge in [0, 0.05) is 13.1 Å². The van der Waals surface area contributed by atoms with Crippen LogP contribution in [0.3, 0.4) is 0 Å². The number of aryl methyl sites for hydroxylation is 2. The summed E-state index contributed by atoms with van der Waals surface area (Å²) in [5, 5.41) is 8.41. The van der Waals surface area contributed by atoms with Crippen LogP contribution in [-0.2, 0) is 6.54 Å². The van der Waals surface area contributed by atoms with Crippen LogP contribution in [0.2, 0.25) is 0 Å². The SMILES string of the molecule is CC.Cc1ccc(C(=O)N2CC=C(c3ccc(-n4cc(CN5C(=O)c6ccccc6C5=O)nn4)cc3C)CC2)o1.F.O. The van der Waals surface area contributed by atoms with Gasteiger partial charge in [0.05, 0.1) is 29.6 Å². The van der Waals surface area contributed by atoms with E-state index in [1.165, 1.54) is 10.5 Å². The lowest BCUT2D eigenvalue weighted by atomic mass is 9.95. The summed E-state index contributed by atoms with van der Waals surface area (Å²) >= 11 is 0. The number of hydrogen-bond donors (Lipinski definition) is 0. The maximum absolute atomic E-state index is 12.7. The highest BCUT2D eigenvalue weighted by Crippen LogP contribution is 2.28. The number of fused-ring (bicyclic) bond motifs is 1. The second kappa shape index (κ2) is 13.2. The zero-order valence-corrected chi connectivity index (χ0v) is 24.0. The second-order valence-electron chi connectivity index (χ2n) is 9.54. The summed E-state index contributed by atoms with van der Waals surface area (Å²) in [4.78, 5) is 41.0. The Labute approximate surface area is 242 Å². The first kappa shape index (κ1) is 31.6. The van der Waals surface area contributed by atoms with Crippen molar-refractivity contribution < 1.29 is 29.0 Å². The van der Waals surface area contributed by atoms with Crippen molar-refractivity contribution in [2.75, 3.05) is 13.1 Å². The normalized spacial score (nSPS) is 13.9. The Morgan fingerprint density at radius 1 is 0.952 bits per heavy atom. The van der Waals surface area contributed by atoms with Crippen molar-refractivity contribution in [3.05, 3.63) is 106 Å². The molecule has 0 saturated carbocycles. The number of amides is 3. The molecule has 0 bridgehead atoms. The molecule has 10 nitrogen and oxygen atoms in total. The van der Waals surface area contributed by atoms with E-state index in [1.54, 1.807) is 52.2 Å². The maximum Gasteiger partial charge on any atom is 0.289 e. The number of halogens is 1. The minimum absolute atomic E-state index is 0. The van der Waals surface area contributed by atoms with Gasteiger partial charge in [-0.1, -0.05) is 43.3 Å². The Balaban J connectivity index is 0.00000119. The zero-order chi connectivity index (χ0) is 28.4. The summed E-state index contributed by atoms with van der Waals surface area (Å²) in [6.45, 7) is 9.07. The lowest BCUT2D eigenvalue weighted by Crippen LogP contribution is -2.34. The van der Waals surface area contributed by atoms with Crippen molar-refractivity contribution in [3.63, 3.8) is 0 Å². The molecule has 6 rings (SSSR count). The third-order valence-electron chi connectivity index (χ3n) is 7.01. The van der Waals surface area contributed by atoms with E-state index in [0.717, 1.165) is 29.0 Å². The average molecular weight is 576 g/mol. The monoisotopic (exact) mass is 575 g/mol. The van der Waals surface area contributed by atoms with Crippen molar-refractivity contribution in [1.29, 1.82) is 0 Å². The predicted molar refractivity (Wildman–Crippen MR) is 156 cm³/mol. The molecule has 4 heterocycles. The van der Waals surface area contributed by atoms with Crippen LogP contribution in [0, 0.1) is 13.8 Å². The molecule has 3 amide bonds. The van der Waals surface area contributed by atoms with E-state index in [4.69, 9.17) is 4.42 Å². The molecule has 2 aromatic carbocycles. The molecular weight excluding hydrogens is 541 g/mol. The van der Waals surface area contributed by atoms with E-state index in [1.807, 2.05) is 39.8 Å². The molecule has 0 unspecified atom stereocenters. The van der Waals surface area contributed by atoms with Crippen LogP contribution in [0.5, 0.6) is 0 Å². The number of benzene rings is 2. The first-order valence-electron chi connectivity index (χ1n) is 13.4. The van der Waals surface area contributed by atoms with Gasteiger partial charge in [-0.3, -0.25) is 24.0 Å². The summed E-state index contributed by atoms with van der Waals surface area (Å²) in [5.41, 5.74) is 5.57. The molecule has 42 heavy (non-hydrogen) atoms. The fourth-order valence-electron chi connectivity index (χ4n) is 5.00. The van der Waals surface area contributed by atoms with Crippen molar-refractivity contribution in [3.8, 4) is 5.69 Å². The van der Waals surface area contributed by atoms with Crippen molar-refractivity contribution in [1.82, 2.24) is 24.8 Å². The third-order valence-corrected chi connectivity index (χ3v) is 7.01. The molecule has 2 aliphatic heterocycles. The molecule has 0 fully saturated rings. The standard InChI is InChI=1S/C29H25N5O4.C2H6.FH.H2O/c1-18-15-22(8-9-23(18)20-11-13-32(14-12-20)29(37)26-10-7-19(2)38-26)34-17-21(30-31-34)16-33-27(35)24-5-3-4-6-25(24)28(33)36;1-2;;/h3-11,15,17H,12-14,16H2,1-2H3;1-2H3;1H;1H2. The molecular formula is C31H34FN5O5. The van der Waals surface area contributed by atoms with Gasteiger partial charge in [0.2, 0.25) is 0 Å². The van der Waals surface area contributed by atoms with Crippen LogP contribution in [0.1, 0.15) is 74.1 Å². The Bertz CT molecular complexity index is 1600. The van der Waals surface area contributed by atoms with Crippen LogP contribution in [0.15, 0.2) is 71.3 Å². The van der Waals surface area contributed by atoms with Gasteiger partial charge in [-0.15, -0.1) is 5.10 Å². The number of nitrogens with zero attached hydrogens (tertiary/aromatic N) is 5. The molecule has 2 N–H and O–H groups in total. The van der Waals surface area contributed by atoms with E-state index in [2.05, 4.69) is 22.5 Å². The van der Waals surface area contributed by atoms with Gasteiger partial charge in [0.15, 0.2) is 5.76 Å². The van der Waals surface area contributed by atoms with Gasteiger partial charge in [-0.05, 0) is 73.4 Å². The van der Waals surface area contributed by atoms with E-state index in [9.17, 15) is 14.4 Å². The molecule has 0 aliphatic carbocycles. The minimum atomic E-state index is -0.319. The van der Waals surface area contributed by atoms with Gasteiger partial charge in [-0.25, -0.2) is 4.68 Å². The van der Waals surface area contributed by atoms with Crippen molar-refractivity contribution in [2.45, 2.75) is 40.7 Å². The van der Waals surface area contributed by atoms with Crippen LogP contribution < -0.4 is 0 Å². The lowest BCUT2D eigenvalue weighted by Gasteiger charge is -2.26. The van der Waals surface area contributed by atoms with E-state index in [-0.39, 0.29) is 34.4 Å². The van der Waals surface area contributed by atoms with Gasteiger partial charge in [-0.2, -0.15) is 0 Å². The van der Waals surface area contributed by atoms with Gasteiger partial charge < -0.3 is 14.8 Å². The number of furan rings is 1. The molecule has 2 aliphatic rings. The summed E-state index contributed by atoms with van der Waals surface area (Å²) in [5.74, 6) is 0.362. The number of carbonyl (C=O) groups excluding carboxylic acids is 3. The van der Waals surface area contributed by atoms with Crippen LogP contribution in [0.4, 0.5) is 4.70 Å². The number of carbonyl (C=O) groups is 3. The Morgan fingerprint density at radius 2 is 1.64 bits per heavy atom.